The topological polar surface area (TPSA) is 81.2 Å². The van der Waals surface area contributed by atoms with Crippen LogP contribution in [-0.4, -0.2) is 24.6 Å². The molecule has 4 rings (SSSR count). The molecule has 6 nitrogen and oxygen atoms in total. The lowest BCUT2D eigenvalue weighted by molar-refractivity contribution is 0.455. The van der Waals surface area contributed by atoms with Crippen LogP contribution < -0.4 is 10.1 Å². The third-order valence-electron chi connectivity index (χ3n) is 5.31. The van der Waals surface area contributed by atoms with Gasteiger partial charge in [-0.05, 0) is 49.2 Å². The zero-order chi connectivity index (χ0) is 22.7. The predicted octanol–water partition coefficient (Wildman–Crippen LogP) is 5.31. The standard InChI is InChI=1S/C25H25N3O3S/c1-4-21-17(2)28-23-13-6-5-12-22(23)24(21)27-16-18-9-8-14-26-25(18)31-19-10-7-11-20(15-19)32(3,29)30/h5-15H,4,16H2,1-3H3,(H,27,28). The van der Waals surface area contributed by atoms with E-state index in [4.69, 9.17) is 9.72 Å². The van der Waals surface area contributed by atoms with Crippen molar-refractivity contribution in [1.82, 2.24) is 9.97 Å². The van der Waals surface area contributed by atoms with Crippen LogP contribution in [0, 0.1) is 6.92 Å². The van der Waals surface area contributed by atoms with Crippen LogP contribution >= 0.6 is 0 Å². The lowest BCUT2D eigenvalue weighted by atomic mass is 10.0. The summed E-state index contributed by atoms with van der Waals surface area (Å²) in [5, 5.41) is 4.64. The molecule has 2 aromatic heterocycles. The third kappa shape index (κ3) is 4.57. The molecular weight excluding hydrogens is 422 g/mol. The second kappa shape index (κ2) is 8.96. The summed E-state index contributed by atoms with van der Waals surface area (Å²) in [6.45, 7) is 4.65. The molecule has 0 spiro atoms. The number of benzene rings is 2. The van der Waals surface area contributed by atoms with Crippen molar-refractivity contribution >= 4 is 26.4 Å². The number of fused-ring (bicyclic) bond motifs is 1. The van der Waals surface area contributed by atoms with E-state index in [9.17, 15) is 8.42 Å². The Kier molecular flexibility index (Phi) is 6.10. The van der Waals surface area contributed by atoms with Crippen LogP contribution in [-0.2, 0) is 22.8 Å². The Hall–Kier alpha value is -3.45. The number of hydrogen-bond acceptors (Lipinski definition) is 6. The number of aromatic nitrogens is 2. The van der Waals surface area contributed by atoms with E-state index in [0.29, 0.717) is 18.2 Å². The van der Waals surface area contributed by atoms with Gasteiger partial charge < -0.3 is 10.1 Å². The van der Waals surface area contributed by atoms with Gasteiger partial charge in [-0.15, -0.1) is 0 Å². The lowest BCUT2D eigenvalue weighted by Crippen LogP contribution is -2.07. The first kappa shape index (κ1) is 21.8. The Morgan fingerprint density at radius 3 is 2.62 bits per heavy atom. The molecule has 2 heterocycles. The summed E-state index contributed by atoms with van der Waals surface area (Å²) in [6.07, 6.45) is 3.69. The van der Waals surface area contributed by atoms with E-state index >= 15 is 0 Å². The number of para-hydroxylation sites is 1. The largest absolute Gasteiger partial charge is 0.439 e. The number of anilines is 1. The Morgan fingerprint density at radius 1 is 1.03 bits per heavy atom. The van der Waals surface area contributed by atoms with Crippen molar-refractivity contribution < 1.29 is 13.2 Å². The van der Waals surface area contributed by atoms with Crippen LogP contribution in [0.2, 0.25) is 0 Å². The number of pyridine rings is 2. The van der Waals surface area contributed by atoms with Crippen molar-refractivity contribution in [2.45, 2.75) is 31.7 Å². The van der Waals surface area contributed by atoms with Crippen LogP contribution in [0.4, 0.5) is 5.69 Å². The maximum Gasteiger partial charge on any atom is 0.224 e. The van der Waals surface area contributed by atoms with Gasteiger partial charge in [0, 0.05) is 41.3 Å². The van der Waals surface area contributed by atoms with Crippen LogP contribution in [0.5, 0.6) is 11.6 Å². The van der Waals surface area contributed by atoms with Crippen molar-refractivity contribution in [3.8, 4) is 11.6 Å². The highest BCUT2D eigenvalue weighted by molar-refractivity contribution is 7.90. The quantitative estimate of drug-likeness (QED) is 0.414. The van der Waals surface area contributed by atoms with Crippen molar-refractivity contribution in [2.75, 3.05) is 11.6 Å². The molecule has 0 saturated carbocycles. The van der Waals surface area contributed by atoms with Crippen LogP contribution in [0.3, 0.4) is 0 Å². The minimum atomic E-state index is -3.33. The SMILES string of the molecule is CCc1c(C)nc2ccccc2c1NCc1cccnc1Oc1cccc(S(C)(=O)=O)c1. The first-order valence-electron chi connectivity index (χ1n) is 10.4. The molecule has 0 amide bonds. The minimum Gasteiger partial charge on any atom is -0.439 e. The maximum atomic E-state index is 11.9. The molecule has 0 bridgehead atoms. The van der Waals surface area contributed by atoms with E-state index in [1.54, 1.807) is 24.4 Å². The molecule has 2 aromatic carbocycles. The van der Waals surface area contributed by atoms with Crippen LogP contribution in [0.25, 0.3) is 10.9 Å². The van der Waals surface area contributed by atoms with E-state index in [-0.39, 0.29) is 4.90 Å². The van der Waals surface area contributed by atoms with Gasteiger partial charge in [0.05, 0.1) is 10.4 Å². The van der Waals surface area contributed by atoms with Gasteiger partial charge in [0.2, 0.25) is 5.88 Å². The van der Waals surface area contributed by atoms with E-state index < -0.39 is 9.84 Å². The van der Waals surface area contributed by atoms with Crippen LogP contribution in [0.15, 0.2) is 71.8 Å². The maximum absolute atomic E-state index is 11.9. The fraction of sp³-hybridized carbons (Fsp3) is 0.200. The van der Waals surface area contributed by atoms with Crippen molar-refractivity contribution in [3.05, 3.63) is 83.7 Å². The second-order valence-electron chi connectivity index (χ2n) is 7.59. The molecule has 0 radical (unpaired) electrons. The van der Waals surface area contributed by atoms with E-state index in [1.165, 1.54) is 17.9 Å². The molecule has 0 aliphatic rings. The lowest BCUT2D eigenvalue weighted by Gasteiger charge is -2.17. The highest BCUT2D eigenvalue weighted by atomic mass is 32.2. The fourth-order valence-corrected chi connectivity index (χ4v) is 4.38. The zero-order valence-corrected chi connectivity index (χ0v) is 19.1. The smallest absolute Gasteiger partial charge is 0.224 e. The molecule has 0 unspecified atom stereocenters. The molecule has 0 aliphatic heterocycles. The molecule has 164 valence electrons. The van der Waals surface area contributed by atoms with Crippen LogP contribution in [0.1, 0.15) is 23.7 Å². The summed E-state index contributed by atoms with van der Waals surface area (Å²) in [4.78, 5) is 9.32. The van der Waals surface area contributed by atoms with Crippen molar-refractivity contribution in [3.63, 3.8) is 0 Å². The average molecular weight is 448 g/mol. The molecule has 32 heavy (non-hydrogen) atoms. The number of nitrogens with one attached hydrogen (secondary N) is 1. The normalized spacial score (nSPS) is 11.5. The number of hydrogen-bond donors (Lipinski definition) is 1. The zero-order valence-electron chi connectivity index (χ0n) is 18.3. The molecule has 4 aromatic rings. The van der Waals surface area contributed by atoms with Crippen molar-refractivity contribution in [2.24, 2.45) is 0 Å². The highest BCUT2D eigenvalue weighted by Gasteiger charge is 2.14. The Labute approximate surface area is 188 Å². The van der Waals surface area contributed by atoms with Gasteiger partial charge in [-0.3, -0.25) is 4.98 Å². The second-order valence-corrected chi connectivity index (χ2v) is 9.61. The predicted molar refractivity (Wildman–Crippen MR) is 127 cm³/mol. The summed E-state index contributed by atoms with van der Waals surface area (Å²) in [7, 11) is -3.33. The molecule has 7 heteroatoms. The first-order chi connectivity index (χ1) is 15.4. The summed E-state index contributed by atoms with van der Waals surface area (Å²) < 4.78 is 29.7. The number of nitrogens with zero attached hydrogens (tertiary/aromatic N) is 2. The summed E-state index contributed by atoms with van der Waals surface area (Å²) in [5.41, 5.74) is 5.05. The van der Waals surface area contributed by atoms with E-state index in [0.717, 1.165) is 34.3 Å². The number of sulfone groups is 1. The highest BCUT2D eigenvalue weighted by Crippen LogP contribution is 2.31. The monoisotopic (exact) mass is 447 g/mol. The molecule has 0 fully saturated rings. The number of rotatable bonds is 7. The van der Waals surface area contributed by atoms with Gasteiger partial charge in [0.1, 0.15) is 5.75 Å². The first-order valence-corrected chi connectivity index (χ1v) is 12.3. The molecular formula is C25H25N3O3S. The minimum absolute atomic E-state index is 0.205. The molecule has 0 aliphatic carbocycles. The third-order valence-corrected chi connectivity index (χ3v) is 6.42. The summed E-state index contributed by atoms with van der Waals surface area (Å²) in [5.74, 6) is 0.853. The van der Waals surface area contributed by atoms with Gasteiger partial charge in [-0.1, -0.05) is 37.3 Å². The van der Waals surface area contributed by atoms with Gasteiger partial charge in [-0.25, -0.2) is 13.4 Å². The Bertz CT molecular complexity index is 1380. The summed E-state index contributed by atoms with van der Waals surface area (Å²) in [6, 6.07) is 18.3. The summed E-state index contributed by atoms with van der Waals surface area (Å²) >= 11 is 0. The fourth-order valence-electron chi connectivity index (χ4n) is 3.72. The van der Waals surface area contributed by atoms with Gasteiger partial charge in [0.25, 0.3) is 0 Å². The van der Waals surface area contributed by atoms with Gasteiger partial charge in [0.15, 0.2) is 9.84 Å². The molecule has 0 atom stereocenters. The van der Waals surface area contributed by atoms with E-state index in [2.05, 4.69) is 23.3 Å². The van der Waals surface area contributed by atoms with E-state index in [1.807, 2.05) is 37.3 Å². The average Bonchev–Trinajstić information content (AvgIpc) is 2.77. The van der Waals surface area contributed by atoms with Crippen molar-refractivity contribution in [1.29, 1.82) is 0 Å². The van der Waals surface area contributed by atoms with Gasteiger partial charge in [-0.2, -0.15) is 0 Å². The van der Waals surface area contributed by atoms with Gasteiger partial charge >= 0.3 is 0 Å². The Balaban J connectivity index is 1.65. The Morgan fingerprint density at radius 2 is 1.84 bits per heavy atom. The molecule has 1 N–H and O–H groups in total. The molecule has 0 saturated heterocycles. The number of ether oxygens (including phenoxy) is 1. The number of aryl methyl sites for hydroxylation is 1.